The minimum atomic E-state index is -0.616. The van der Waals surface area contributed by atoms with Gasteiger partial charge in [-0.2, -0.15) is 4.80 Å². The highest BCUT2D eigenvalue weighted by Crippen LogP contribution is 2.25. The van der Waals surface area contributed by atoms with Crippen molar-refractivity contribution < 1.29 is 9.59 Å². The number of aryl methyl sites for hydroxylation is 2. The number of nitrogens with zero attached hydrogens (tertiary/aromatic N) is 5. The summed E-state index contributed by atoms with van der Waals surface area (Å²) in [6.07, 6.45) is 4.74. The molecule has 0 radical (unpaired) electrons. The van der Waals surface area contributed by atoms with Crippen LogP contribution in [0.3, 0.4) is 0 Å². The van der Waals surface area contributed by atoms with Gasteiger partial charge in [-0.05, 0) is 50.0 Å². The number of anilines is 1. The van der Waals surface area contributed by atoms with Gasteiger partial charge in [-0.1, -0.05) is 67.8 Å². The number of hydrogen-bond acceptors (Lipinski definition) is 5. The highest BCUT2D eigenvalue weighted by Gasteiger charge is 2.32. The van der Waals surface area contributed by atoms with Gasteiger partial charge in [-0.15, -0.1) is 10.2 Å². The van der Waals surface area contributed by atoms with Crippen LogP contribution in [-0.2, 0) is 16.1 Å². The first kappa shape index (κ1) is 23.6. The monoisotopic (exact) mass is 460 g/mol. The van der Waals surface area contributed by atoms with Crippen molar-refractivity contribution in [2.24, 2.45) is 0 Å². The molecule has 8 heteroatoms. The summed E-state index contributed by atoms with van der Waals surface area (Å²) in [4.78, 5) is 29.8. The van der Waals surface area contributed by atoms with Gasteiger partial charge in [0.05, 0.1) is 0 Å². The molecule has 0 bridgehead atoms. The van der Waals surface area contributed by atoms with Crippen LogP contribution in [0.15, 0.2) is 48.5 Å². The second kappa shape index (κ2) is 10.6. The van der Waals surface area contributed by atoms with Crippen LogP contribution in [0.2, 0.25) is 0 Å². The van der Waals surface area contributed by atoms with Crippen molar-refractivity contribution in [3.8, 4) is 11.4 Å². The van der Waals surface area contributed by atoms with Crippen molar-refractivity contribution >= 4 is 17.5 Å². The molecule has 1 N–H and O–H groups in total. The summed E-state index contributed by atoms with van der Waals surface area (Å²) in [5, 5.41) is 15.8. The molecule has 1 aliphatic carbocycles. The van der Waals surface area contributed by atoms with Crippen LogP contribution in [0.4, 0.5) is 5.69 Å². The van der Waals surface area contributed by atoms with E-state index in [1.807, 2.05) is 69.3 Å². The molecule has 1 fully saturated rings. The topological polar surface area (TPSA) is 93.0 Å². The normalized spacial score (nSPS) is 14.7. The number of tetrazole rings is 1. The predicted octanol–water partition coefficient (Wildman–Crippen LogP) is 3.83. The van der Waals surface area contributed by atoms with Crippen molar-refractivity contribution in [1.29, 1.82) is 0 Å². The molecule has 0 aliphatic heterocycles. The van der Waals surface area contributed by atoms with Crippen LogP contribution in [0, 0.1) is 13.8 Å². The molecule has 178 valence electrons. The van der Waals surface area contributed by atoms with Crippen LogP contribution in [-0.4, -0.2) is 44.1 Å². The first-order valence-corrected chi connectivity index (χ1v) is 12.0. The molecule has 2 aromatic carbocycles. The number of aromatic nitrogens is 4. The SMILES string of the molecule is CCC(C(=O)NC1CCCC1)N(C(=O)Cn1nnc(-c2ccc(C)cc2)n1)c1ccccc1C. The number of hydrogen-bond donors (Lipinski definition) is 1. The zero-order valence-corrected chi connectivity index (χ0v) is 20.1. The van der Waals surface area contributed by atoms with Gasteiger partial charge in [0.1, 0.15) is 12.6 Å². The Bertz CT molecular complexity index is 1130. The number of amides is 2. The molecule has 1 saturated carbocycles. The quantitative estimate of drug-likeness (QED) is 0.552. The van der Waals surface area contributed by atoms with E-state index in [0.717, 1.165) is 48.1 Å². The molecule has 1 atom stereocenters. The van der Waals surface area contributed by atoms with E-state index in [1.54, 1.807) is 4.90 Å². The minimum Gasteiger partial charge on any atom is -0.352 e. The smallest absolute Gasteiger partial charge is 0.251 e. The standard InChI is InChI=1S/C26H32N6O2/c1-4-22(26(34)27-21-10-6-7-11-21)32(23-12-8-5-9-19(23)3)24(33)17-31-29-25(28-30-31)20-15-13-18(2)14-16-20/h5,8-9,12-16,21-22H,4,6-7,10-11,17H2,1-3H3,(H,27,34). The van der Waals surface area contributed by atoms with Crippen molar-refractivity contribution in [2.45, 2.75) is 71.5 Å². The minimum absolute atomic E-state index is 0.111. The second-order valence-corrected chi connectivity index (χ2v) is 8.97. The third kappa shape index (κ3) is 5.32. The Balaban J connectivity index is 1.58. The van der Waals surface area contributed by atoms with E-state index in [1.165, 1.54) is 4.80 Å². The molecule has 1 aromatic heterocycles. The fraction of sp³-hybridized carbons (Fsp3) is 0.423. The molecule has 2 amide bonds. The van der Waals surface area contributed by atoms with Gasteiger partial charge >= 0.3 is 0 Å². The van der Waals surface area contributed by atoms with E-state index in [4.69, 9.17) is 0 Å². The average molecular weight is 461 g/mol. The largest absolute Gasteiger partial charge is 0.352 e. The number of rotatable bonds is 8. The number of nitrogens with one attached hydrogen (secondary N) is 1. The number of carbonyl (C=O) groups excluding carboxylic acids is 2. The molecule has 34 heavy (non-hydrogen) atoms. The Morgan fingerprint density at radius 1 is 1.09 bits per heavy atom. The lowest BCUT2D eigenvalue weighted by atomic mass is 10.1. The zero-order chi connectivity index (χ0) is 24.1. The summed E-state index contributed by atoms with van der Waals surface area (Å²) < 4.78 is 0. The van der Waals surface area contributed by atoms with Crippen LogP contribution in [0.25, 0.3) is 11.4 Å². The maximum Gasteiger partial charge on any atom is 0.251 e. The molecular formula is C26H32N6O2. The van der Waals surface area contributed by atoms with E-state index in [9.17, 15) is 9.59 Å². The summed E-state index contributed by atoms with van der Waals surface area (Å²) in [5.41, 5.74) is 3.62. The van der Waals surface area contributed by atoms with E-state index in [0.29, 0.717) is 12.2 Å². The Hall–Kier alpha value is -3.55. The fourth-order valence-electron chi connectivity index (χ4n) is 4.49. The average Bonchev–Trinajstić information content (AvgIpc) is 3.51. The van der Waals surface area contributed by atoms with Crippen molar-refractivity contribution in [3.05, 3.63) is 59.7 Å². The summed E-state index contributed by atoms with van der Waals surface area (Å²) in [7, 11) is 0. The molecule has 0 spiro atoms. The predicted molar refractivity (Wildman–Crippen MR) is 131 cm³/mol. The van der Waals surface area contributed by atoms with Gasteiger partial charge in [0.2, 0.25) is 11.7 Å². The maximum absolute atomic E-state index is 13.6. The van der Waals surface area contributed by atoms with Gasteiger partial charge in [-0.3, -0.25) is 14.5 Å². The second-order valence-electron chi connectivity index (χ2n) is 8.97. The first-order valence-electron chi connectivity index (χ1n) is 12.0. The van der Waals surface area contributed by atoms with Crippen LogP contribution < -0.4 is 10.2 Å². The van der Waals surface area contributed by atoms with Crippen molar-refractivity contribution in [3.63, 3.8) is 0 Å². The maximum atomic E-state index is 13.6. The van der Waals surface area contributed by atoms with Gasteiger partial charge in [0, 0.05) is 17.3 Å². The number of para-hydroxylation sites is 1. The van der Waals surface area contributed by atoms with Gasteiger partial charge in [-0.25, -0.2) is 0 Å². The Labute approximate surface area is 200 Å². The third-order valence-electron chi connectivity index (χ3n) is 6.39. The molecule has 1 unspecified atom stereocenters. The third-order valence-corrected chi connectivity index (χ3v) is 6.39. The van der Waals surface area contributed by atoms with E-state index < -0.39 is 6.04 Å². The number of carbonyl (C=O) groups is 2. The molecule has 0 saturated heterocycles. The van der Waals surface area contributed by atoms with Crippen molar-refractivity contribution in [2.75, 3.05) is 4.90 Å². The zero-order valence-electron chi connectivity index (χ0n) is 20.1. The van der Waals surface area contributed by atoms with Crippen LogP contribution in [0.5, 0.6) is 0 Å². The number of benzene rings is 2. The Morgan fingerprint density at radius 3 is 2.47 bits per heavy atom. The summed E-state index contributed by atoms with van der Waals surface area (Å²) in [5.74, 6) is 0.0923. The Morgan fingerprint density at radius 2 is 1.79 bits per heavy atom. The molecule has 4 rings (SSSR count). The van der Waals surface area contributed by atoms with E-state index >= 15 is 0 Å². The van der Waals surface area contributed by atoms with E-state index in [-0.39, 0.29) is 24.4 Å². The lowest BCUT2D eigenvalue weighted by molar-refractivity contribution is -0.127. The van der Waals surface area contributed by atoms with Crippen molar-refractivity contribution in [1.82, 2.24) is 25.5 Å². The molecule has 8 nitrogen and oxygen atoms in total. The van der Waals surface area contributed by atoms with Gasteiger partial charge < -0.3 is 5.32 Å². The molecule has 1 heterocycles. The van der Waals surface area contributed by atoms with Gasteiger partial charge in [0.25, 0.3) is 5.91 Å². The molecular weight excluding hydrogens is 428 g/mol. The molecule has 1 aliphatic rings. The van der Waals surface area contributed by atoms with Crippen LogP contribution >= 0.6 is 0 Å². The van der Waals surface area contributed by atoms with Crippen LogP contribution in [0.1, 0.15) is 50.2 Å². The summed E-state index contributed by atoms with van der Waals surface area (Å²) >= 11 is 0. The highest BCUT2D eigenvalue weighted by molar-refractivity contribution is 6.01. The molecule has 3 aromatic rings. The summed E-state index contributed by atoms with van der Waals surface area (Å²) in [6, 6.07) is 15.0. The summed E-state index contributed by atoms with van der Waals surface area (Å²) in [6.45, 7) is 5.78. The lowest BCUT2D eigenvalue weighted by Crippen LogP contribution is -2.52. The Kier molecular flexibility index (Phi) is 7.35. The highest BCUT2D eigenvalue weighted by atomic mass is 16.2. The van der Waals surface area contributed by atoms with Gasteiger partial charge in [0.15, 0.2) is 0 Å². The first-order chi connectivity index (χ1) is 16.5. The fourth-order valence-corrected chi connectivity index (χ4v) is 4.49. The van der Waals surface area contributed by atoms with E-state index in [2.05, 4.69) is 20.7 Å². The lowest BCUT2D eigenvalue weighted by Gasteiger charge is -2.32.